The third-order valence-corrected chi connectivity index (χ3v) is 5.99. The predicted molar refractivity (Wildman–Crippen MR) is 123 cm³/mol. The Balaban J connectivity index is 1.49. The number of nitrogens with zero attached hydrogens (tertiary/aromatic N) is 2. The lowest BCUT2D eigenvalue weighted by molar-refractivity contribution is -0.385. The second kappa shape index (κ2) is 11.0. The Kier molecular flexibility index (Phi) is 7.88. The molecule has 2 amide bonds. The molecule has 1 heterocycles. The van der Waals surface area contributed by atoms with Gasteiger partial charge in [0.25, 0.3) is 21.6 Å². The summed E-state index contributed by atoms with van der Waals surface area (Å²) < 4.78 is 27.3. The van der Waals surface area contributed by atoms with Gasteiger partial charge < -0.3 is 10.6 Å². The maximum atomic E-state index is 12.5. The van der Waals surface area contributed by atoms with Crippen LogP contribution >= 0.6 is 0 Å². The SMILES string of the molecule is O=C(CCNC(=O)c1ccc(NS(=O)(=O)c2cccc([N+](=O)[O-])c2)cc1)NCc1ccncc1. The van der Waals surface area contributed by atoms with Gasteiger partial charge in [0, 0.05) is 55.3 Å². The summed E-state index contributed by atoms with van der Waals surface area (Å²) in [7, 11) is -4.05. The van der Waals surface area contributed by atoms with Gasteiger partial charge in [-0.25, -0.2) is 8.42 Å². The highest BCUT2D eigenvalue weighted by atomic mass is 32.2. The van der Waals surface area contributed by atoms with Crippen molar-refractivity contribution < 1.29 is 22.9 Å². The molecule has 0 radical (unpaired) electrons. The molecule has 3 aromatic rings. The van der Waals surface area contributed by atoms with E-state index in [9.17, 15) is 28.1 Å². The topological polar surface area (TPSA) is 160 Å². The number of aromatic nitrogens is 1. The van der Waals surface area contributed by atoms with E-state index in [0.29, 0.717) is 6.54 Å². The third kappa shape index (κ3) is 6.84. The Bertz CT molecular complexity index is 1280. The largest absolute Gasteiger partial charge is 0.352 e. The molecule has 176 valence electrons. The molecule has 3 N–H and O–H groups in total. The van der Waals surface area contributed by atoms with Crippen molar-refractivity contribution in [2.75, 3.05) is 11.3 Å². The number of amides is 2. The normalized spacial score (nSPS) is 10.8. The van der Waals surface area contributed by atoms with E-state index < -0.39 is 20.9 Å². The Morgan fingerprint density at radius 1 is 0.971 bits per heavy atom. The molecule has 0 spiro atoms. The number of benzene rings is 2. The standard InChI is InChI=1S/C22H21N5O6S/c28-21(25-15-16-8-11-23-12-9-16)10-13-24-22(29)17-4-6-18(7-5-17)26-34(32,33)20-3-1-2-19(14-20)27(30)31/h1-9,11-12,14,26H,10,13,15H2,(H,24,29)(H,25,28). The molecule has 0 fully saturated rings. The molecule has 34 heavy (non-hydrogen) atoms. The summed E-state index contributed by atoms with van der Waals surface area (Å²) in [6.07, 6.45) is 3.36. The van der Waals surface area contributed by atoms with Gasteiger partial charge in [-0.1, -0.05) is 6.07 Å². The van der Waals surface area contributed by atoms with E-state index in [0.717, 1.165) is 11.6 Å². The van der Waals surface area contributed by atoms with E-state index in [1.54, 1.807) is 24.5 Å². The third-order valence-electron chi connectivity index (χ3n) is 4.61. The first-order valence-corrected chi connectivity index (χ1v) is 11.5. The number of anilines is 1. The van der Waals surface area contributed by atoms with Crippen molar-refractivity contribution in [3.8, 4) is 0 Å². The van der Waals surface area contributed by atoms with E-state index in [4.69, 9.17) is 0 Å². The Morgan fingerprint density at radius 2 is 1.68 bits per heavy atom. The van der Waals surface area contributed by atoms with Crippen LogP contribution < -0.4 is 15.4 Å². The van der Waals surface area contributed by atoms with Crippen LogP contribution in [-0.2, 0) is 21.4 Å². The number of non-ortho nitro benzene ring substituents is 1. The van der Waals surface area contributed by atoms with Crippen molar-refractivity contribution in [1.82, 2.24) is 15.6 Å². The molecule has 2 aromatic carbocycles. The van der Waals surface area contributed by atoms with Gasteiger partial charge in [0.15, 0.2) is 0 Å². The molecule has 0 saturated heterocycles. The van der Waals surface area contributed by atoms with E-state index >= 15 is 0 Å². The fourth-order valence-corrected chi connectivity index (χ4v) is 3.95. The van der Waals surface area contributed by atoms with Crippen LogP contribution in [-0.4, -0.2) is 36.7 Å². The predicted octanol–water partition coefficient (Wildman–Crippen LogP) is 2.23. The lowest BCUT2D eigenvalue weighted by atomic mass is 10.2. The molecule has 0 aliphatic carbocycles. The van der Waals surface area contributed by atoms with E-state index in [1.165, 1.54) is 42.5 Å². The van der Waals surface area contributed by atoms with Gasteiger partial charge in [-0.05, 0) is 48.0 Å². The molecule has 0 atom stereocenters. The molecule has 0 aliphatic rings. The zero-order chi connectivity index (χ0) is 24.6. The Labute approximate surface area is 195 Å². The summed E-state index contributed by atoms with van der Waals surface area (Å²) >= 11 is 0. The number of nitrogens with one attached hydrogen (secondary N) is 3. The van der Waals surface area contributed by atoms with Crippen molar-refractivity contribution >= 4 is 33.2 Å². The minimum atomic E-state index is -4.05. The summed E-state index contributed by atoms with van der Waals surface area (Å²) in [4.78, 5) is 38.0. The highest BCUT2D eigenvalue weighted by Crippen LogP contribution is 2.20. The number of hydrogen-bond donors (Lipinski definition) is 3. The van der Waals surface area contributed by atoms with E-state index in [-0.39, 0.29) is 40.7 Å². The van der Waals surface area contributed by atoms with E-state index in [2.05, 4.69) is 20.3 Å². The van der Waals surface area contributed by atoms with Gasteiger partial charge in [0.1, 0.15) is 0 Å². The number of sulfonamides is 1. The number of nitro groups is 1. The number of pyridine rings is 1. The summed E-state index contributed by atoms with van der Waals surface area (Å²) in [6, 6.07) is 13.9. The van der Waals surface area contributed by atoms with Crippen LogP contribution in [0.15, 0.2) is 78.0 Å². The zero-order valence-electron chi connectivity index (χ0n) is 17.8. The van der Waals surface area contributed by atoms with Crippen molar-refractivity contribution in [3.63, 3.8) is 0 Å². The van der Waals surface area contributed by atoms with Gasteiger partial charge >= 0.3 is 0 Å². The fourth-order valence-electron chi connectivity index (χ4n) is 2.85. The minimum Gasteiger partial charge on any atom is -0.352 e. The number of rotatable bonds is 10. The van der Waals surface area contributed by atoms with Gasteiger partial charge in [0.2, 0.25) is 5.91 Å². The molecular formula is C22H21N5O6S. The van der Waals surface area contributed by atoms with Crippen LogP contribution in [0.5, 0.6) is 0 Å². The molecule has 3 rings (SSSR count). The number of carbonyl (C=O) groups excluding carboxylic acids is 2. The zero-order valence-corrected chi connectivity index (χ0v) is 18.6. The second-order valence-electron chi connectivity index (χ2n) is 7.08. The first-order chi connectivity index (χ1) is 16.2. The van der Waals surface area contributed by atoms with Crippen LogP contribution in [0.2, 0.25) is 0 Å². The Morgan fingerprint density at radius 3 is 2.35 bits per heavy atom. The first kappa shape index (κ1) is 24.3. The van der Waals surface area contributed by atoms with Crippen LogP contribution in [0.1, 0.15) is 22.3 Å². The molecule has 1 aromatic heterocycles. The number of carbonyl (C=O) groups is 2. The summed E-state index contributed by atoms with van der Waals surface area (Å²) in [5.74, 6) is -0.641. The maximum Gasteiger partial charge on any atom is 0.270 e. The van der Waals surface area contributed by atoms with Crippen LogP contribution in [0.4, 0.5) is 11.4 Å². The molecule has 11 nitrogen and oxygen atoms in total. The molecule has 0 saturated carbocycles. The van der Waals surface area contributed by atoms with Crippen LogP contribution in [0, 0.1) is 10.1 Å². The van der Waals surface area contributed by atoms with Crippen LogP contribution in [0.25, 0.3) is 0 Å². The molecular weight excluding hydrogens is 462 g/mol. The first-order valence-electron chi connectivity index (χ1n) is 10.1. The average molecular weight is 484 g/mol. The average Bonchev–Trinajstić information content (AvgIpc) is 2.83. The van der Waals surface area contributed by atoms with Crippen molar-refractivity contribution in [1.29, 1.82) is 0 Å². The lowest BCUT2D eigenvalue weighted by Crippen LogP contribution is -2.30. The van der Waals surface area contributed by atoms with E-state index in [1.807, 2.05) is 0 Å². The smallest absolute Gasteiger partial charge is 0.270 e. The quantitative estimate of drug-likeness (QED) is 0.294. The van der Waals surface area contributed by atoms with Crippen molar-refractivity contribution in [2.45, 2.75) is 17.9 Å². The van der Waals surface area contributed by atoms with Crippen molar-refractivity contribution in [2.24, 2.45) is 0 Å². The maximum absolute atomic E-state index is 12.5. The number of hydrogen-bond acceptors (Lipinski definition) is 7. The summed E-state index contributed by atoms with van der Waals surface area (Å²) in [5, 5.41) is 16.2. The second-order valence-corrected chi connectivity index (χ2v) is 8.76. The minimum absolute atomic E-state index is 0.0952. The molecule has 12 heteroatoms. The van der Waals surface area contributed by atoms with Gasteiger partial charge in [-0.15, -0.1) is 0 Å². The Hall–Kier alpha value is -4.32. The molecule has 0 unspecified atom stereocenters. The summed E-state index contributed by atoms with van der Waals surface area (Å²) in [6.45, 7) is 0.491. The lowest BCUT2D eigenvalue weighted by Gasteiger charge is -2.09. The highest BCUT2D eigenvalue weighted by Gasteiger charge is 2.18. The monoisotopic (exact) mass is 483 g/mol. The highest BCUT2D eigenvalue weighted by molar-refractivity contribution is 7.92. The summed E-state index contributed by atoms with van der Waals surface area (Å²) in [5.41, 5.74) is 1.02. The molecule has 0 aliphatic heterocycles. The molecule has 0 bridgehead atoms. The van der Waals surface area contributed by atoms with Gasteiger partial charge in [-0.3, -0.25) is 29.4 Å². The van der Waals surface area contributed by atoms with Gasteiger partial charge in [0.05, 0.1) is 9.82 Å². The fraction of sp³-hybridized carbons (Fsp3) is 0.136. The van der Waals surface area contributed by atoms with Crippen molar-refractivity contribution in [3.05, 3.63) is 94.3 Å². The van der Waals surface area contributed by atoms with Gasteiger partial charge in [-0.2, -0.15) is 0 Å². The number of nitro benzene ring substituents is 1. The van der Waals surface area contributed by atoms with Crippen LogP contribution in [0.3, 0.4) is 0 Å².